The lowest BCUT2D eigenvalue weighted by molar-refractivity contribution is -0.120. The molecule has 0 saturated heterocycles. The van der Waals surface area contributed by atoms with E-state index in [2.05, 4.69) is 33.5 Å². The van der Waals surface area contributed by atoms with Gasteiger partial charge in [-0.05, 0) is 55.2 Å². The van der Waals surface area contributed by atoms with E-state index >= 15 is 0 Å². The molecule has 4 heteroatoms. The van der Waals surface area contributed by atoms with Crippen LogP contribution in [-0.4, -0.2) is 15.9 Å². The number of fused-ring (bicyclic) bond motifs is 4. The fourth-order valence-electron chi connectivity index (χ4n) is 4.00. The summed E-state index contributed by atoms with van der Waals surface area (Å²) in [6.07, 6.45) is 3.18. The van der Waals surface area contributed by atoms with Crippen LogP contribution in [0.1, 0.15) is 22.4 Å². The van der Waals surface area contributed by atoms with Crippen LogP contribution in [0.2, 0.25) is 0 Å². The second-order valence-electron chi connectivity index (χ2n) is 6.56. The van der Waals surface area contributed by atoms with Gasteiger partial charge < -0.3 is 5.32 Å². The van der Waals surface area contributed by atoms with Crippen molar-refractivity contribution in [3.63, 3.8) is 0 Å². The number of nitrogens with zero attached hydrogens (tertiary/aromatic N) is 2. The van der Waals surface area contributed by atoms with Crippen molar-refractivity contribution in [1.82, 2.24) is 9.97 Å². The van der Waals surface area contributed by atoms with Crippen LogP contribution in [0, 0.1) is 6.92 Å². The Morgan fingerprint density at radius 3 is 2.83 bits per heavy atom. The maximum absolute atomic E-state index is 12.7. The SMILES string of the molecule is Cc1ccc2cc3c(cc2n1)C[C@@]1(C3)C(=O)Nc2ncccc21. The third-order valence-corrected chi connectivity index (χ3v) is 5.12. The lowest BCUT2D eigenvalue weighted by Gasteiger charge is -2.20. The topological polar surface area (TPSA) is 54.9 Å². The van der Waals surface area contributed by atoms with Gasteiger partial charge in [-0.2, -0.15) is 0 Å². The van der Waals surface area contributed by atoms with Gasteiger partial charge in [0, 0.05) is 22.8 Å². The van der Waals surface area contributed by atoms with E-state index in [1.165, 1.54) is 11.1 Å². The van der Waals surface area contributed by atoms with Gasteiger partial charge in [-0.1, -0.05) is 12.1 Å². The van der Waals surface area contributed by atoms with E-state index in [9.17, 15) is 4.79 Å². The summed E-state index contributed by atoms with van der Waals surface area (Å²) < 4.78 is 0. The Balaban J connectivity index is 1.69. The summed E-state index contributed by atoms with van der Waals surface area (Å²) in [4.78, 5) is 21.6. The molecule has 1 amide bonds. The molecule has 112 valence electrons. The number of anilines is 1. The molecule has 2 aliphatic rings. The van der Waals surface area contributed by atoms with Crippen LogP contribution in [0.3, 0.4) is 0 Å². The number of carbonyl (C=O) groups is 1. The first kappa shape index (κ1) is 12.8. The van der Waals surface area contributed by atoms with Crippen molar-refractivity contribution in [2.24, 2.45) is 0 Å². The standard InChI is InChI=1S/C19H15N3O/c1-11-4-5-12-7-13-9-19(10-14(13)8-16(12)21-11)15-3-2-6-20-17(15)22-18(19)23/h2-8H,9-10H2,1H3,(H,20,22,23)/t19-/m1/s1. The molecule has 0 fully saturated rings. The third-order valence-electron chi connectivity index (χ3n) is 5.12. The summed E-state index contributed by atoms with van der Waals surface area (Å²) in [7, 11) is 0. The van der Waals surface area contributed by atoms with Crippen molar-refractivity contribution < 1.29 is 4.79 Å². The molecule has 1 N–H and O–H groups in total. The molecule has 23 heavy (non-hydrogen) atoms. The zero-order chi connectivity index (χ0) is 15.6. The van der Waals surface area contributed by atoms with Gasteiger partial charge in [0.1, 0.15) is 5.82 Å². The van der Waals surface area contributed by atoms with Crippen molar-refractivity contribution in [1.29, 1.82) is 0 Å². The minimum Gasteiger partial charge on any atom is -0.310 e. The minimum atomic E-state index is -0.502. The molecule has 0 bridgehead atoms. The summed E-state index contributed by atoms with van der Waals surface area (Å²) in [5.41, 5.74) is 5.01. The Kier molecular flexibility index (Phi) is 2.31. The van der Waals surface area contributed by atoms with E-state index in [1.807, 2.05) is 25.1 Å². The molecule has 0 unspecified atom stereocenters. The number of carbonyl (C=O) groups excluding carboxylic acids is 1. The highest BCUT2D eigenvalue weighted by Crippen LogP contribution is 2.47. The molecule has 4 nitrogen and oxygen atoms in total. The highest BCUT2D eigenvalue weighted by atomic mass is 16.2. The number of aryl methyl sites for hydroxylation is 1. The Bertz CT molecular complexity index is 995. The number of nitrogens with one attached hydrogen (secondary N) is 1. The minimum absolute atomic E-state index is 0.0654. The molecule has 1 atom stereocenters. The van der Waals surface area contributed by atoms with Crippen LogP contribution in [0.15, 0.2) is 42.6 Å². The van der Waals surface area contributed by atoms with Crippen LogP contribution in [0.25, 0.3) is 10.9 Å². The molecular formula is C19H15N3O. The lowest BCUT2D eigenvalue weighted by atomic mass is 9.79. The molecule has 1 spiro atoms. The van der Waals surface area contributed by atoms with Crippen LogP contribution in [0.5, 0.6) is 0 Å². The zero-order valence-corrected chi connectivity index (χ0v) is 12.8. The van der Waals surface area contributed by atoms with Crippen LogP contribution in [0.4, 0.5) is 5.82 Å². The Morgan fingerprint density at radius 2 is 1.96 bits per heavy atom. The third kappa shape index (κ3) is 1.63. The maximum Gasteiger partial charge on any atom is 0.237 e. The first-order chi connectivity index (χ1) is 11.2. The van der Waals surface area contributed by atoms with Crippen molar-refractivity contribution in [2.45, 2.75) is 25.2 Å². The van der Waals surface area contributed by atoms with E-state index in [0.717, 1.165) is 35.0 Å². The largest absolute Gasteiger partial charge is 0.310 e. The average Bonchev–Trinajstić information content (AvgIpc) is 3.04. The van der Waals surface area contributed by atoms with Crippen molar-refractivity contribution >= 4 is 22.6 Å². The fraction of sp³-hybridized carbons (Fsp3) is 0.211. The van der Waals surface area contributed by atoms with Crippen molar-refractivity contribution in [2.75, 3.05) is 5.32 Å². The summed E-state index contributed by atoms with van der Waals surface area (Å²) in [5, 5.41) is 4.09. The first-order valence-electron chi connectivity index (χ1n) is 7.82. The number of pyridine rings is 2. The molecule has 0 saturated carbocycles. The fourth-order valence-corrected chi connectivity index (χ4v) is 4.00. The number of amides is 1. The monoisotopic (exact) mass is 301 g/mol. The number of hydrogen-bond donors (Lipinski definition) is 1. The summed E-state index contributed by atoms with van der Waals surface area (Å²) in [6, 6.07) is 12.4. The molecule has 1 aliphatic heterocycles. The van der Waals surface area contributed by atoms with Crippen LogP contribution < -0.4 is 5.32 Å². The number of rotatable bonds is 0. The predicted molar refractivity (Wildman–Crippen MR) is 88.4 cm³/mol. The highest BCUT2D eigenvalue weighted by Gasteiger charge is 2.51. The smallest absolute Gasteiger partial charge is 0.237 e. The molecule has 3 aromatic rings. The second-order valence-corrected chi connectivity index (χ2v) is 6.56. The van der Waals surface area contributed by atoms with E-state index in [1.54, 1.807) is 6.20 Å². The summed E-state index contributed by atoms with van der Waals surface area (Å²) >= 11 is 0. The molecule has 0 radical (unpaired) electrons. The van der Waals surface area contributed by atoms with E-state index < -0.39 is 5.41 Å². The second kappa shape index (κ2) is 4.16. The number of hydrogen-bond acceptors (Lipinski definition) is 3. The Morgan fingerprint density at radius 1 is 1.13 bits per heavy atom. The van der Waals surface area contributed by atoms with Gasteiger partial charge in [-0.3, -0.25) is 9.78 Å². The maximum atomic E-state index is 12.7. The average molecular weight is 301 g/mol. The molecule has 2 aromatic heterocycles. The zero-order valence-electron chi connectivity index (χ0n) is 12.8. The van der Waals surface area contributed by atoms with Crippen LogP contribution in [-0.2, 0) is 23.1 Å². The lowest BCUT2D eigenvalue weighted by Crippen LogP contribution is -2.35. The van der Waals surface area contributed by atoms with Crippen molar-refractivity contribution in [3.05, 3.63) is 65.0 Å². The van der Waals surface area contributed by atoms with Gasteiger partial charge in [0.2, 0.25) is 5.91 Å². The van der Waals surface area contributed by atoms with Crippen molar-refractivity contribution in [3.8, 4) is 0 Å². The van der Waals surface area contributed by atoms with Crippen LogP contribution >= 0.6 is 0 Å². The molecule has 1 aliphatic carbocycles. The van der Waals surface area contributed by atoms with E-state index in [4.69, 9.17) is 0 Å². The van der Waals surface area contributed by atoms with Gasteiger partial charge in [-0.25, -0.2) is 4.98 Å². The first-order valence-corrected chi connectivity index (χ1v) is 7.82. The van der Waals surface area contributed by atoms with E-state index in [-0.39, 0.29) is 5.91 Å². The number of aromatic nitrogens is 2. The van der Waals surface area contributed by atoms with E-state index in [0.29, 0.717) is 5.82 Å². The van der Waals surface area contributed by atoms with Gasteiger partial charge in [0.05, 0.1) is 10.9 Å². The van der Waals surface area contributed by atoms with Gasteiger partial charge in [0.15, 0.2) is 0 Å². The predicted octanol–water partition coefficient (Wildman–Crippen LogP) is 2.93. The molecule has 1 aromatic carbocycles. The Labute approximate surface area is 133 Å². The summed E-state index contributed by atoms with van der Waals surface area (Å²) in [5.74, 6) is 0.777. The van der Waals surface area contributed by atoms with Gasteiger partial charge in [0.25, 0.3) is 0 Å². The molecular weight excluding hydrogens is 286 g/mol. The Hall–Kier alpha value is -2.75. The van der Waals surface area contributed by atoms with Gasteiger partial charge >= 0.3 is 0 Å². The highest BCUT2D eigenvalue weighted by molar-refractivity contribution is 6.06. The molecule has 3 heterocycles. The van der Waals surface area contributed by atoms with Gasteiger partial charge in [-0.15, -0.1) is 0 Å². The number of benzene rings is 1. The molecule has 5 rings (SSSR count). The quantitative estimate of drug-likeness (QED) is 0.694. The normalized spacial score (nSPS) is 21.5. The summed E-state index contributed by atoms with van der Waals surface area (Å²) in [6.45, 7) is 2.00.